The Balaban J connectivity index is 2.10. The van der Waals surface area contributed by atoms with Gasteiger partial charge in [0.1, 0.15) is 0 Å². The summed E-state index contributed by atoms with van der Waals surface area (Å²) in [5, 5.41) is 3.73. The molecule has 2 nitrogen and oxygen atoms in total. The molecule has 1 radical (unpaired) electrons. The number of nitrogens with zero attached hydrogens (tertiary/aromatic N) is 2. The van der Waals surface area contributed by atoms with Crippen LogP contribution in [0.4, 0.5) is 8.78 Å². The smallest absolute Gasteiger partial charge is 0.205 e. The molecule has 0 bridgehead atoms. The second kappa shape index (κ2) is 2.84. The third kappa shape index (κ3) is 1.11. The van der Waals surface area contributed by atoms with Crippen LogP contribution in [0.5, 0.6) is 0 Å². The first-order chi connectivity index (χ1) is 5.79. The van der Waals surface area contributed by atoms with Gasteiger partial charge < -0.3 is 0 Å². The molecule has 1 saturated carbocycles. The Kier molecular flexibility index (Phi) is 1.83. The first kappa shape index (κ1) is 7.71. The van der Waals surface area contributed by atoms with E-state index in [2.05, 4.69) is 10.5 Å². The van der Waals surface area contributed by atoms with Crippen molar-refractivity contribution in [2.45, 2.75) is 25.7 Å². The molecule has 0 spiro atoms. The summed E-state index contributed by atoms with van der Waals surface area (Å²) in [6.45, 7) is 0. The van der Waals surface area contributed by atoms with E-state index >= 15 is 0 Å². The topological polar surface area (TPSA) is 26.5 Å². The SMILES string of the molecule is FC(F)C1=C[N]N=C1C1CCC1. The Morgan fingerprint density at radius 3 is 2.67 bits per heavy atom. The maximum absolute atomic E-state index is 12.3. The summed E-state index contributed by atoms with van der Waals surface area (Å²) < 4.78 is 24.6. The molecule has 1 heterocycles. The summed E-state index contributed by atoms with van der Waals surface area (Å²) in [6, 6.07) is 0. The fourth-order valence-electron chi connectivity index (χ4n) is 1.44. The maximum atomic E-state index is 12.3. The van der Waals surface area contributed by atoms with Gasteiger partial charge in [-0.25, -0.2) is 8.78 Å². The number of rotatable bonds is 2. The third-order valence-electron chi connectivity index (χ3n) is 2.39. The van der Waals surface area contributed by atoms with Crippen LogP contribution in [0.25, 0.3) is 0 Å². The zero-order valence-corrected chi connectivity index (χ0v) is 6.50. The van der Waals surface area contributed by atoms with Crippen LogP contribution in [0.2, 0.25) is 0 Å². The predicted molar refractivity (Wildman–Crippen MR) is 41.0 cm³/mol. The average molecular weight is 171 g/mol. The van der Waals surface area contributed by atoms with Gasteiger partial charge >= 0.3 is 0 Å². The zero-order valence-electron chi connectivity index (χ0n) is 6.50. The van der Waals surface area contributed by atoms with Crippen molar-refractivity contribution < 1.29 is 8.78 Å². The van der Waals surface area contributed by atoms with Crippen LogP contribution in [0.3, 0.4) is 0 Å². The van der Waals surface area contributed by atoms with Gasteiger partial charge in [-0.3, -0.25) is 0 Å². The molecular formula is C8H9F2N2. The van der Waals surface area contributed by atoms with Crippen LogP contribution in [-0.4, -0.2) is 12.1 Å². The summed E-state index contributed by atoms with van der Waals surface area (Å²) >= 11 is 0. The van der Waals surface area contributed by atoms with Crippen LogP contribution in [-0.2, 0) is 0 Å². The lowest BCUT2D eigenvalue weighted by Gasteiger charge is -2.25. The molecule has 0 unspecified atom stereocenters. The van der Waals surface area contributed by atoms with Crippen LogP contribution < -0.4 is 5.43 Å². The molecular weight excluding hydrogens is 162 g/mol. The van der Waals surface area contributed by atoms with Gasteiger partial charge in [0.2, 0.25) is 0 Å². The number of halogens is 2. The van der Waals surface area contributed by atoms with Crippen LogP contribution in [0.1, 0.15) is 19.3 Å². The fraction of sp³-hybridized carbons (Fsp3) is 0.625. The van der Waals surface area contributed by atoms with Crippen molar-refractivity contribution in [3.63, 3.8) is 0 Å². The first-order valence-electron chi connectivity index (χ1n) is 4.05. The molecule has 0 amide bonds. The Morgan fingerprint density at radius 1 is 1.42 bits per heavy atom. The molecule has 2 rings (SSSR count). The van der Waals surface area contributed by atoms with Crippen molar-refractivity contribution in [3.05, 3.63) is 11.8 Å². The second-order valence-electron chi connectivity index (χ2n) is 3.11. The van der Waals surface area contributed by atoms with E-state index in [1.54, 1.807) is 0 Å². The van der Waals surface area contributed by atoms with Gasteiger partial charge in [-0.15, -0.1) is 0 Å². The van der Waals surface area contributed by atoms with E-state index in [0.717, 1.165) is 19.3 Å². The second-order valence-corrected chi connectivity index (χ2v) is 3.11. The van der Waals surface area contributed by atoms with Gasteiger partial charge in [-0.1, -0.05) is 6.42 Å². The number of allylic oxidation sites excluding steroid dienone is 1. The zero-order chi connectivity index (χ0) is 8.55. The fourth-order valence-corrected chi connectivity index (χ4v) is 1.44. The molecule has 0 atom stereocenters. The van der Waals surface area contributed by atoms with Crippen molar-refractivity contribution in [3.8, 4) is 0 Å². The lowest BCUT2D eigenvalue weighted by Crippen LogP contribution is -2.24. The molecule has 0 N–H and O–H groups in total. The highest BCUT2D eigenvalue weighted by molar-refractivity contribution is 6.03. The third-order valence-corrected chi connectivity index (χ3v) is 2.39. The lowest BCUT2D eigenvalue weighted by molar-refractivity contribution is 0.195. The van der Waals surface area contributed by atoms with Gasteiger partial charge in [0.25, 0.3) is 6.43 Å². The van der Waals surface area contributed by atoms with Crippen molar-refractivity contribution in [2.75, 3.05) is 0 Å². The highest BCUT2D eigenvalue weighted by Crippen LogP contribution is 2.33. The summed E-state index contributed by atoms with van der Waals surface area (Å²) in [5.41, 5.74) is 4.07. The Labute approximate surface area is 69.3 Å². The van der Waals surface area contributed by atoms with E-state index in [9.17, 15) is 8.78 Å². The molecule has 1 aliphatic heterocycles. The Morgan fingerprint density at radius 2 is 2.17 bits per heavy atom. The summed E-state index contributed by atoms with van der Waals surface area (Å²) in [5.74, 6) is 0.247. The van der Waals surface area contributed by atoms with Gasteiger partial charge in [-0.2, -0.15) is 10.5 Å². The Bertz CT molecular complexity index is 241. The van der Waals surface area contributed by atoms with E-state index in [-0.39, 0.29) is 11.5 Å². The normalized spacial score (nSPS) is 23.2. The van der Waals surface area contributed by atoms with Gasteiger partial charge in [0.05, 0.1) is 17.5 Å². The van der Waals surface area contributed by atoms with Crippen molar-refractivity contribution in [1.29, 1.82) is 0 Å². The maximum Gasteiger partial charge on any atom is 0.267 e. The van der Waals surface area contributed by atoms with E-state index in [0.29, 0.717) is 5.71 Å². The summed E-state index contributed by atoms with van der Waals surface area (Å²) in [4.78, 5) is 0. The van der Waals surface area contributed by atoms with Gasteiger partial charge in [0, 0.05) is 5.92 Å². The minimum Gasteiger partial charge on any atom is -0.205 e. The lowest BCUT2D eigenvalue weighted by atomic mass is 9.79. The van der Waals surface area contributed by atoms with Crippen LogP contribution in [0.15, 0.2) is 16.9 Å². The molecule has 0 saturated heterocycles. The van der Waals surface area contributed by atoms with E-state index in [1.807, 2.05) is 0 Å². The quantitative estimate of drug-likeness (QED) is 0.606. The highest BCUT2D eigenvalue weighted by atomic mass is 19.3. The molecule has 2 aliphatic rings. The minimum atomic E-state index is -2.42. The minimum absolute atomic E-state index is 0.0275. The number of hydrogen-bond donors (Lipinski definition) is 0. The van der Waals surface area contributed by atoms with E-state index in [1.165, 1.54) is 6.20 Å². The summed E-state index contributed by atoms with van der Waals surface area (Å²) in [7, 11) is 0. The highest BCUT2D eigenvalue weighted by Gasteiger charge is 2.32. The van der Waals surface area contributed by atoms with Gasteiger partial charge in [-0.05, 0) is 12.8 Å². The standard InChI is InChI=1S/C8H9F2N2/c9-8(10)6-4-11-12-7(6)5-2-1-3-5/h4-5,8H,1-3H2. The number of hydrogen-bond acceptors (Lipinski definition) is 1. The molecule has 4 heteroatoms. The van der Waals surface area contributed by atoms with E-state index in [4.69, 9.17) is 0 Å². The predicted octanol–water partition coefficient (Wildman–Crippen LogP) is 1.91. The molecule has 12 heavy (non-hydrogen) atoms. The largest absolute Gasteiger partial charge is 0.267 e. The molecule has 0 aromatic rings. The molecule has 65 valence electrons. The van der Waals surface area contributed by atoms with Crippen LogP contribution in [0, 0.1) is 5.92 Å². The van der Waals surface area contributed by atoms with Crippen LogP contribution >= 0.6 is 0 Å². The Hall–Kier alpha value is -0.930. The summed E-state index contributed by atoms with van der Waals surface area (Å²) in [6.07, 6.45) is 1.85. The van der Waals surface area contributed by atoms with Crippen molar-refractivity contribution in [1.82, 2.24) is 5.43 Å². The van der Waals surface area contributed by atoms with Crippen molar-refractivity contribution >= 4 is 5.71 Å². The van der Waals surface area contributed by atoms with E-state index < -0.39 is 6.43 Å². The van der Waals surface area contributed by atoms with Crippen molar-refractivity contribution in [2.24, 2.45) is 11.0 Å². The van der Waals surface area contributed by atoms with Gasteiger partial charge in [0.15, 0.2) is 0 Å². The molecule has 0 aromatic heterocycles. The monoisotopic (exact) mass is 171 g/mol. The molecule has 1 fully saturated rings. The molecule has 1 aliphatic carbocycles. The average Bonchev–Trinajstić information content (AvgIpc) is 2.31. The molecule has 0 aromatic carbocycles. The first-order valence-corrected chi connectivity index (χ1v) is 4.05. The number of alkyl halides is 2.